The van der Waals surface area contributed by atoms with Gasteiger partial charge in [0.05, 0.1) is 12.3 Å². The van der Waals surface area contributed by atoms with Gasteiger partial charge in [-0.15, -0.1) is 0 Å². The number of aromatic nitrogens is 2. The van der Waals surface area contributed by atoms with Crippen LogP contribution in [0.5, 0.6) is 5.75 Å². The lowest BCUT2D eigenvalue weighted by Gasteiger charge is -2.35. The Labute approximate surface area is 231 Å². The number of nitriles is 1. The molecule has 1 aliphatic carbocycles. The Morgan fingerprint density at radius 2 is 2.02 bits per heavy atom. The van der Waals surface area contributed by atoms with Crippen LogP contribution in [0.2, 0.25) is 0 Å². The van der Waals surface area contributed by atoms with Gasteiger partial charge < -0.3 is 19.1 Å². The van der Waals surface area contributed by atoms with Crippen LogP contribution < -0.4 is 15.0 Å². The van der Waals surface area contributed by atoms with E-state index in [1.807, 2.05) is 16.9 Å². The minimum absolute atomic E-state index is 0.0431. The van der Waals surface area contributed by atoms with Gasteiger partial charge in [-0.3, -0.25) is 15.0 Å². The second-order valence-corrected chi connectivity index (χ2v) is 9.93. The average Bonchev–Trinajstić information content (AvgIpc) is 3.36. The highest BCUT2D eigenvalue weighted by Gasteiger charge is 2.34. The number of hydrogen-bond acceptors (Lipinski definition) is 10. The van der Waals surface area contributed by atoms with Crippen LogP contribution in [0.3, 0.4) is 0 Å². The fourth-order valence-electron chi connectivity index (χ4n) is 5.32. The standard InChI is InChI=1S/C28H30N6O6/c1-38-22-7-9-33(21(22)16-36)14-18-10-17-4-3-8-34(27(17)31-20(18)15-35)28(37)32-26-11-25(19(12-29)13-30-26)40-24-6-5-23(24)39-2/h10-11,13,15,22-24H,3-9,14H2,1-2H3,(H,30,32,37)/t22-,23+,24-/m0/s1. The fraction of sp³-hybridized carbons (Fsp3) is 0.464. The van der Waals surface area contributed by atoms with Crippen LogP contribution in [0.4, 0.5) is 16.4 Å². The first-order valence-electron chi connectivity index (χ1n) is 13.2. The number of likely N-dealkylation sites (tertiary alicyclic amines) is 1. The lowest BCUT2D eigenvalue weighted by molar-refractivity contribution is -0.0626. The molecule has 4 heterocycles. The number of aryl methyl sites for hydroxylation is 1. The predicted octanol–water partition coefficient (Wildman–Crippen LogP) is 2.64. The number of anilines is 2. The number of urea groups is 1. The van der Waals surface area contributed by atoms with Gasteiger partial charge in [-0.25, -0.2) is 19.6 Å². The van der Waals surface area contributed by atoms with E-state index in [4.69, 9.17) is 14.2 Å². The second kappa shape index (κ2) is 11.8. The second-order valence-electron chi connectivity index (χ2n) is 9.93. The Morgan fingerprint density at radius 1 is 1.20 bits per heavy atom. The zero-order chi connectivity index (χ0) is 28.2. The van der Waals surface area contributed by atoms with Crippen LogP contribution in [0, 0.1) is 11.3 Å². The first kappa shape index (κ1) is 27.3. The summed E-state index contributed by atoms with van der Waals surface area (Å²) >= 11 is 0. The molecule has 2 amide bonds. The summed E-state index contributed by atoms with van der Waals surface area (Å²) in [7, 11) is 3.17. The molecule has 3 atom stereocenters. The lowest BCUT2D eigenvalue weighted by Crippen LogP contribution is -2.42. The summed E-state index contributed by atoms with van der Waals surface area (Å²) in [6, 6.07) is 5.01. The molecule has 0 unspecified atom stereocenters. The van der Waals surface area contributed by atoms with E-state index in [1.165, 1.54) is 17.2 Å². The third kappa shape index (κ3) is 5.27. The normalized spacial score (nSPS) is 21.6. The third-order valence-corrected chi connectivity index (χ3v) is 7.64. The van der Waals surface area contributed by atoms with Gasteiger partial charge in [-0.05, 0) is 43.7 Å². The maximum atomic E-state index is 13.4. The van der Waals surface area contributed by atoms with Gasteiger partial charge in [0, 0.05) is 45.5 Å². The number of rotatable bonds is 8. The highest BCUT2D eigenvalue weighted by Crippen LogP contribution is 2.32. The zero-order valence-corrected chi connectivity index (χ0v) is 22.4. The highest BCUT2D eigenvalue weighted by atomic mass is 16.5. The number of methoxy groups -OCH3 is 2. The summed E-state index contributed by atoms with van der Waals surface area (Å²) in [6.45, 7) is 1.32. The topological polar surface area (TPSA) is 147 Å². The van der Waals surface area contributed by atoms with Gasteiger partial charge in [0.15, 0.2) is 6.29 Å². The Kier molecular flexibility index (Phi) is 8.07. The van der Waals surface area contributed by atoms with E-state index in [1.54, 1.807) is 14.2 Å². The van der Waals surface area contributed by atoms with Crippen LogP contribution in [0.15, 0.2) is 24.0 Å². The molecule has 5 rings (SSSR count). The molecule has 0 radical (unpaired) electrons. The average molecular weight is 547 g/mol. The van der Waals surface area contributed by atoms with Crippen molar-refractivity contribution in [1.82, 2.24) is 14.9 Å². The number of fused-ring (bicyclic) bond motifs is 1. The Morgan fingerprint density at radius 3 is 2.70 bits per heavy atom. The van der Waals surface area contributed by atoms with E-state index in [-0.39, 0.29) is 35.4 Å². The number of nitrogens with zero attached hydrogens (tertiary/aromatic N) is 5. The molecule has 1 saturated heterocycles. The third-order valence-electron chi connectivity index (χ3n) is 7.64. The van der Waals surface area contributed by atoms with Gasteiger partial charge in [0.2, 0.25) is 0 Å². The van der Waals surface area contributed by atoms with Crippen molar-refractivity contribution in [3.8, 4) is 11.8 Å². The molecule has 2 aromatic rings. The summed E-state index contributed by atoms with van der Waals surface area (Å²) in [5.41, 5.74) is 2.38. The van der Waals surface area contributed by atoms with E-state index in [9.17, 15) is 19.6 Å². The maximum Gasteiger partial charge on any atom is 0.328 e. The molecule has 12 nitrogen and oxygen atoms in total. The molecule has 1 N–H and O–H groups in total. The number of nitrogens with one attached hydrogen (secondary N) is 1. The van der Waals surface area contributed by atoms with Gasteiger partial charge in [0.25, 0.3) is 0 Å². The molecule has 2 aliphatic heterocycles. The molecular formula is C28H30N6O6. The number of pyridine rings is 2. The van der Waals surface area contributed by atoms with Crippen LogP contribution in [0.25, 0.3) is 0 Å². The van der Waals surface area contributed by atoms with Crippen LogP contribution >= 0.6 is 0 Å². The Hall–Kier alpha value is -4.30. The van der Waals surface area contributed by atoms with E-state index < -0.39 is 6.03 Å². The van der Waals surface area contributed by atoms with Gasteiger partial charge in [0.1, 0.15) is 58.6 Å². The monoisotopic (exact) mass is 546 g/mol. The predicted molar refractivity (Wildman–Crippen MR) is 143 cm³/mol. The molecule has 208 valence electrons. The summed E-state index contributed by atoms with van der Waals surface area (Å²) in [4.78, 5) is 49.0. The zero-order valence-electron chi connectivity index (χ0n) is 22.4. The molecule has 2 aromatic heterocycles. The maximum absolute atomic E-state index is 13.4. The fourth-order valence-corrected chi connectivity index (χ4v) is 5.32. The highest BCUT2D eigenvalue weighted by molar-refractivity contribution is 6.01. The molecular weight excluding hydrogens is 516 g/mol. The number of amides is 2. The van der Waals surface area contributed by atoms with E-state index in [2.05, 4.69) is 21.4 Å². The molecule has 12 heteroatoms. The first-order chi connectivity index (χ1) is 19.5. The molecule has 40 heavy (non-hydrogen) atoms. The van der Waals surface area contributed by atoms with Gasteiger partial charge >= 0.3 is 6.03 Å². The quantitative estimate of drug-likeness (QED) is 0.387. The van der Waals surface area contributed by atoms with E-state index in [0.29, 0.717) is 68.0 Å². The van der Waals surface area contributed by atoms with Gasteiger partial charge in [-0.1, -0.05) is 0 Å². The number of aldehydes is 1. The number of carbonyl (C=O) groups excluding carboxylic acids is 3. The smallest absolute Gasteiger partial charge is 0.328 e. The van der Waals surface area contributed by atoms with Crippen molar-refractivity contribution in [3.63, 3.8) is 0 Å². The van der Waals surface area contributed by atoms with Crippen molar-refractivity contribution >= 4 is 29.9 Å². The van der Waals surface area contributed by atoms with Crippen molar-refractivity contribution in [2.45, 2.75) is 57.0 Å². The Balaban J connectivity index is 1.35. The first-order valence-corrected chi connectivity index (χ1v) is 13.2. The molecule has 0 bridgehead atoms. The number of carbonyl (C=O) groups is 2. The molecule has 0 spiro atoms. The minimum Gasteiger partial charge on any atom is -0.486 e. The minimum atomic E-state index is -0.465. The van der Waals surface area contributed by atoms with Crippen LogP contribution in [-0.2, 0) is 27.2 Å². The van der Waals surface area contributed by atoms with Crippen molar-refractivity contribution in [2.24, 2.45) is 0 Å². The van der Waals surface area contributed by atoms with Crippen molar-refractivity contribution in [2.75, 3.05) is 37.5 Å². The summed E-state index contributed by atoms with van der Waals surface area (Å²) in [6.07, 6.45) is 5.22. The summed E-state index contributed by atoms with van der Waals surface area (Å²) in [5.74, 6) is 2.92. The van der Waals surface area contributed by atoms with Crippen LogP contribution in [0.1, 0.15) is 52.9 Å². The molecule has 2 fully saturated rings. The van der Waals surface area contributed by atoms with Crippen molar-refractivity contribution < 1.29 is 28.6 Å². The van der Waals surface area contributed by atoms with E-state index in [0.717, 1.165) is 18.4 Å². The van der Waals surface area contributed by atoms with E-state index >= 15 is 0 Å². The van der Waals surface area contributed by atoms with Crippen molar-refractivity contribution in [1.29, 1.82) is 5.26 Å². The summed E-state index contributed by atoms with van der Waals surface area (Å²) < 4.78 is 16.7. The molecule has 3 aliphatic rings. The number of hydrogen-bond donors (Lipinski definition) is 1. The SMILES string of the molecule is CO[C@H]1CCN(Cc2cc3c(nc2C=O)N(C(=O)Nc2cc(O[C@H]4CC[C@H]4OC)c(C#N)cn2)CCC3)C1=C=O. The Bertz CT molecular complexity index is 1400. The largest absolute Gasteiger partial charge is 0.486 e. The lowest BCUT2D eigenvalue weighted by atomic mass is 9.92. The van der Waals surface area contributed by atoms with Gasteiger partial charge in [-0.2, -0.15) is 5.26 Å². The van der Waals surface area contributed by atoms with Crippen LogP contribution in [-0.4, -0.2) is 78.7 Å². The molecule has 0 aromatic carbocycles. The molecule has 1 saturated carbocycles. The van der Waals surface area contributed by atoms with Crippen molar-refractivity contribution in [3.05, 3.63) is 46.4 Å². The summed E-state index contributed by atoms with van der Waals surface area (Å²) in [5, 5.41) is 12.3. The number of ether oxygens (including phenoxy) is 3.